The average molecular weight is 207 g/mol. The van der Waals surface area contributed by atoms with Crippen molar-refractivity contribution in [1.82, 2.24) is 9.97 Å². The minimum atomic E-state index is 0.353. The van der Waals surface area contributed by atoms with Crippen LogP contribution in [0.4, 0.5) is 5.82 Å². The van der Waals surface area contributed by atoms with Crippen LogP contribution >= 0.6 is 0 Å². The molecule has 0 spiro atoms. The number of ether oxygens (including phenoxy) is 1. The van der Waals surface area contributed by atoms with Crippen molar-refractivity contribution in [1.29, 1.82) is 0 Å². The van der Waals surface area contributed by atoms with Gasteiger partial charge in [0.1, 0.15) is 5.82 Å². The highest BCUT2D eigenvalue weighted by molar-refractivity contribution is 5.35. The monoisotopic (exact) mass is 207 g/mol. The van der Waals surface area contributed by atoms with Crippen LogP contribution in [0, 0.1) is 0 Å². The third kappa shape index (κ3) is 2.65. The van der Waals surface area contributed by atoms with Gasteiger partial charge in [-0.3, -0.25) is 4.98 Å². The zero-order valence-corrected chi connectivity index (χ0v) is 9.09. The SMILES string of the molecule is CCOC1CCCN(c2cnccn2)C1. The molecule has 0 saturated carbocycles. The fraction of sp³-hybridized carbons (Fsp3) is 0.636. The minimum Gasteiger partial charge on any atom is -0.377 e. The molecule has 0 N–H and O–H groups in total. The summed E-state index contributed by atoms with van der Waals surface area (Å²) < 4.78 is 5.64. The molecule has 1 saturated heterocycles. The normalized spacial score (nSPS) is 21.7. The summed E-state index contributed by atoms with van der Waals surface area (Å²) in [5.41, 5.74) is 0. The molecule has 15 heavy (non-hydrogen) atoms. The molecule has 0 amide bonds. The molecule has 0 bridgehead atoms. The van der Waals surface area contributed by atoms with Gasteiger partial charge in [0, 0.05) is 32.1 Å². The van der Waals surface area contributed by atoms with Crippen LogP contribution in [-0.4, -0.2) is 35.8 Å². The van der Waals surface area contributed by atoms with Gasteiger partial charge >= 0.3 is 0 Å². The van der Waals surface area contributed by atoms with E-state index in [4.69, 9.17) is 4.74 Å². The number of hydrogen-bond donors (Lipinski definition) is 0. The topological polar surface area (TPSA) is 38.2 Å². The van der Waals surface area contributed by atoms with Gasteiger partial charge in [0.05, 0.1) is 12.3 Å². The first kappa shape index (κ1) is 10.4. The molecule has 1 aromatic heterocycles. The number of aromatic nitrogens is 2. The molecule has 1 aromatic rings. The van der Waals surface area contributed by atoms with Crippen LogP contribution in [0.2, 0.25) is 0 Å². The molecule has 1 atom stereocenters. The van der Waals surface area contributed by atoms with Crippen LogP contribution in [0.1, 0.15) is 19.8 Å². The number of piperidine rings is 1. The summed E-state index contributed by atoms with van der Waals surface area (Å²) >= 11 is 0. The Balaban J connectivity index is 1.98. The Bertz CT molecular complexity index is 289. The first-order chi connectivity index (χ1) is 7.40. The number of hydrogen-bond acceptors (Lipinski definition) is 4. The molecule has 1 unspecified atom stereocenters. The smallest absolute Gasteiger partial charge is 0.147 e. The van der Waals surface area contributed by atoms with Gasteiger partial charge in [-0.15, -0.1) is 0 Å². The molecule has 2 heterocycles. The lowest BCUT2D eigenvalue weighted by molar-refractivity contribution is 0.0525. The predicted octanol–water partition coefficient (Wildman–Crippen LogP) is 1.48. The van der Waals surface area contributed by atoms with E-state index in [-0.39, 0.29) is 0 Å². The molecule has 1 aliphatic rings. The van der Waals surface area contributed by atoms with E-state index in [1.807, 2.05) is 13.1 Å². The van der Waals surface area contributed by atoms with E-state index in [2.05, 4.69) is 14.9 Å². The molecule has 1 fully saturated rings. The first-order valence-corrected chi connectivity index (χ1v) is 5.52. The summed E-state index contributed by atoms with van der Waals surface area (Å²) in [6.45, 7) is 4.83. The molecule has 4 nitrogen and oxygen atoms in total. The van der Waals surface area contributed by atoms with Crippen LogP contribution in [0.15, 0.2) is 18.6 Å². The summed E-state index contributed by atoms with van der Waals surface area (Å²) in [5.74, 6) is 0.960. The summed E-state index contributed by atoms with van der Waals surface area (Å²) in [6, 6.07) is 0. The van der Waals surface area contributed by atoms with Crippen LogP contribution in [0.3, 0.4) is 0 Å². The van der Waals surface area contributed by atoms with Crippen molar-refractivity contribution in [3.63, 3.8) is 0 Å². The fourth-order valence-corrected chi connectivity index (χ4v) is 1.97. The van der Waals surface area contributed by atoms with Gasteiger partial charge in [0.25, 0.3) is 0 Å². The fourth-order valence-electron chi connectivity index (χ4n) is 1.97. The molecule has 2 rings (SSSR count). The zero-order chi connectivity index (χ0) is 10.5. The Kier molecular flexibility index (Phi) is 3.50. The predicted molar refractivity (Wildman–Crippen MR) is 58.9 cm³/mol. The zero-order valence-electron chi connectivity index (χ0n) is 9.09. The van der Waals surface area contributed by atoms with Crippen LogP contribution in [0.25, 0.3) is 0 Å². The Morgan fingerprint density at radius 3 is 3.20 bits per heavy atom. The molecule has 0 aliphatic carbocycles. The second-order valence-electron chi connectivity index (χ2n) is 3.73. The summed E-state index contributed by atoms with van der Waals surface area (Å²) in [5, 5.41) is 0. The molecule has 1 aliphatic heterocycles. The maximum atomic E-state index is 5.64. The van der Waals surface area contributed by atoms with Crippen molar-refractivity contribution >= 4 is 5.82 Å². The van der Waals surface area contributed by atoms with Crippen LogP contribution < -0.4 is 4.90 Å². The van der Waals surface area contributed by atoms with Gasteiger partial charge in [-0.05, 0) is 19.8 Å². The van der Waals surface area contributed by atoms with Crippen LogP contribution in [-0.2, 0) is 4.74 Å². The van der Waals surface area contributed by atoms with Gasteiger partial charge in [-0.2, -0.15) is 0 Å². The third-order valence-electron chi connectivity index (χ3n) is 2.65. The lowest BCUT2D eigenvalue weighted by atomic mass is 10.1. The van der Waals surface area contributed by atoms with E-state index in [9.17, 15) is 0 Å². The van der Waals surface area contributed by atoms with Crippen molar-refractivity contribution in [2.45, 2.75) is 25.9 Å². The summed E-state index contributed by atoms with van der Waals surface area (Å²) in [6.07, 6.45) is 7.93. The van der Waals surface area contributed by atoms with Gasteiger partial charge in [0.15, 0.2) is 0 Å². The maximum absolute atomic E-state index is 5.64. The molecule has 0 radical (unpaired) electrons. The Labute approximate surface area is 90.3 Å². The average Bonchev–Trinajstić information content (AvgIpc) is 2.31. The Morgan fingerprint density at radius 2 is 2.47 bits per heavy atom. The highest BCUT2D eigenvalue weighted by atomic mass is 16.5. The molecule has 4 heteroatoms. The standard InChI is InChI=1S/C11H17N3O/c1-2-15-10-4-3-7-14(9-10)11-8-12-5-6-13-11/h5-6,8,10H,2-4,7,9H2,1H3. The molecular formula is C11H17N3O. The van der Waals surface area contributed by atoms with Gasteiger partial charge in [0.2, 0.25) is 0 Å². The van der Waals surface area contributed by atoms with E-state index in [1.54, 1.807) is 12.4 Å². The third-order valence-corrected chi connectivity index (χ3v) is 2.65. The van der Waals surface area contributed by atoms with Crippen molar-refractivity contribution in [3.8, 4) is 0 Å². The van der Waals surface area contributed by atoms with Crippen molar-refractivity contribution in [2.75, 3.05) is 24.6 Å². The van der Waals surface area contributed by atoms with Gasteiger partial charge in [-0.25, -0.2) is 4.98 Å². The van der Waals surface area contributed by atoms with E-state index in [0.29, 0.717) is 6.10 Å². The minimum absolute atomic E-state index is 0.353. The second kappa shape index (κ2) is 5.07. The molecule has 0 aromatic carbocycles. The van der Waals surface area contributed by atoms with Crippen molar-refractivity contribution in [2.24, 2.45) is 0 Å². The van der Waals surface area contributed by atoms with E-state index < -0.39 is 0 Å². The van der Waals surface area contributed by atoms with Crippen LogP contribution in [0.5, 0.6) is 0 Å². The summed E-state index contributed by atoms with van der Waals surface area (Å²) in [4.78, 5) is 10.6. The van der Waals surface area contributed by atoms with E-state index in [1.165, 1.54) is 6.42 Å². The Hall–Kier alpha value is -1.16. The number of rotatable bonds is 3. The largest absolute Gasteiger partial charge is 0.377 e. The van der Waals surface area contributed by atoms with Crippen molar-refractivity contribution in [3.05, 3.63) is 18.6 Å². The lowest BCUT2D eigenvalue weighted by Crippen LogP contribution is -2.40. The molecular weight excluding hydrogens is 190 g/mol. The quantitative estimate of drug-likeness (QED) is 0.752. The highest BCUT2D eigenvalue weighted by Gasteiger charge is 2.20. The maximum Gasteiger partial charge on any atom is 0.147 e. The van der Waals surface area contributed by atoms with Gasteiger partial charge in [-0.1, -0.05) is 0 Å². The van der Waals surface area contributed by atoms with Gasteiger partial charge < -0.3 is 9.64 Å². The highest BCUT2D eigenvalue weighted by Crippen LogP contribution is 2.18. The first-order valence-electron chi connectivity index (χ1n) is 5.52. The number of nitrogens with zero attached hydrogens (tertiary/aromatic N) is 3. The number of anilines is 1. The Morgan fingerprint density at radius 1 is 1.53 bits per heavy atom. The van der Waals surface area contributed by atoms with Crippen molar-refractivity contribution < 1.29 is 4.74 Å². The second-order valence-corrected chi connectivity index (χ2v) is 3.73. The summed E-state index contributed by atoms with van der Waals surface area (Å²) in [7, 11) is 0. The van der Waals surface area contributed by atoms with E-state index in [0.717, 1.165) is 31.9 Å². The van der Waals surface area contributed by atoms with E-state index >= 15 is 0 Å². The molecule has 82 valence electrons. The lowest BCUT2D eigenvalue weighted by Gasteiger charge is -2.32.